The molecule has 1 aromatic rings. The van der Waals surface area contributed by atoms with Crippen molar-refractivity contribution in [2.45, 2.75) is 26.2 Å². The number of aromatic nitrogens is 1. The van der Waals surface area contributed by atoms with Crippen molar-refractivity contribution in [1.29, 1.82) is 0 Å². The summed E-state index contributed by atoms with van der Waals surface area (Å²) in [5.41, 5.74) is 0.989. The van der Waals surface area contributed by atoms with Crippen LogP contribution in [0.5, 0.6) is 5.75 Å². The minimum Gasteiger partial charge on any atom is -0.481 e. The minimum absolute atomic E-state index is 0.0304. The SMILES string of the molecule is Cc1ccc(OCC(=O)N2CCCCC2)c(C=O)n1. The maximum atomic E-state index is 11.9. The second kappa shape index (κ2) is 6.31. The summed E-state index contributed by atoms with van der Waals surface area (Å²) in [7, 11) is 0. The van der Waals surface area contributed by atoms with Crippen molar-refractivity contribution < 1.29 is 14.3 Å². The van der Waals surface area contributed by atoms with Crippen molar-refractivity contribution in [3.63, 3.8) is 0 Å². The highest BCUT2D eigenvalue weighted by atomic mass is 16.5. The Balaban J connectivity index is 1.94. The molecule has 0 saturated carbocycles. The first-order chi connectivity index (χ1) is 9.20. The van der Waals surface area contributed by atoms with Crippen LogP contribution in [0.1, 0.15) is 35.4 Å². The molecule has 19 heavy (non-hydrogen) atoms. The lowest BCUT2D eigenvalue weighted by molar-refractivity contribution is -0.134. The summed E-state index contributed by atoms with van der Waals surface area (Å²) in [5.74, 6) is 0.336. The van der Waals surface area contributed by atoms with Gasteiger partial charge in [-0.3, -0.25) is 9.59 Å². The van der Waals surface area contributed by atoms with E-state index in [1.54, 1.807) is 19.1 Å². The van der Waals surface area contributed by atoms with Gasteiger partial charge in [0.2, 0.25) is 0 Å². The number of hydrogen-bond donors (Lipinski definition) is 0. The molecule has 0 aromatic carbocycles. The van der Waals surface area contributed by atoms with Gasteiger partial charge >= 0.3 is 0 Å². The van der Waals surface area contributed by atoms with Crippen molar-refractivity contribution in [1.82, 2.24) is 9.88 Å². The van der Waals surface area contributed by atoms with Gasteiger partial charge in [-0.25, -0.2) is 4.98 Å². The van der Waals surface area contributed by atoms with Gasteiger partial charge in [-0.1, -0.05) is 0 Å². The Bertz CT molecular complexity index is 468. The Hall–Kier alpha value is -1.91. The molecule has 1 fully saturated rings. The predicted octanol–water partition coefficient (Wildman–Crippen LogP) is 1.59. The molecule has 0 bridgehead atoms. The van der Waals surface area contributed by atoms with E-state index < -0.39 is 0 Å². The van der Waals surface area contributed by atoms with Crippen LogP contribution in [-0.2, 0) is 4.79 Å². The molecule has 1 aromatic heterocycles. The number of carbonyl (C=O) groups excluding carboxylic acids is 2. The van der Waals surface area contributed by atoms with Crippen LogP contribution in [0.15, 0.2) is 12.1 Å². The number of ether oxygens (including phenoxy) is 1. The molecule has 2 rings (SSSR count). The molecule has 0 unspecified atom stereocenters. The highest BCUT2D eigenvalue weighted by Gasteiger charge is 2.17. The quantitative estimate of drug-likeness (QED) is 0.773. The van der Waals surface area contributed by atoms with Gasteiger partial charge in [0.1, 0.15) is 11.4 Å². The topological polar surface area (TPSA) is 59.5 Å². The highest BCUT2D eigenvalue weighted by molar-refractivity contribution is 5.79. The molecule has 0 atom stereocenters. The van der Waals surface area contributed by atoms with Gasteiger partial charge in [0.25, 0.3) is 5.91 Å². The van der Waals surface area contributed by atoms with E-state index in [2.05, 4.69) is 4.98 Å². The molecule has 2 heterocycles. The Morgan fingerprint density at radius 2 is 2.11 bits per heavy atom. The molecule has 1 saturated heterocycles. The fraction of sp³-hybridized carbons (Fsp3) is 0.500. The number of aldehydes is 1. The van der Waals surface area contributed by atoms with E-state index in [1.807, 2.05) is 4.90 Å². The van der Waals surface area contributed by atoms with Crippen LogP contribution in [0.25, 0.3) is 0 Å². The number of nitrogens with zero attached hydrogens (tertiary/aromatic N) is 2. The standard InChI is InChI=1S/C14H18N2O3/c1-11-5-6-13(12(9-17)15-11)19-10-14(18)16-7-3-2-4-8-16/h5-6,9H,2-4,7-8,10H2,1H3. The second-order valence-electron chi connectivity index (χ2n) is 4.68. The number of pyridine rings is 1. The lowest BCUT2D eigenvalue weighted by Crippen LogP contribution is -2.38. The molecule has 5 nitrogen and oxygen atoms in total. The molecule has 102 valence electrons. The van der Waals surface area contributed by atoms with Crippen LogP contribution < -0.4 is 4.74 Å². The van der Waals surface area contributed by atoms with E-state index in [0.717, 1.165) is 31.6 Å². The third kappa shape index (κ3) is 3.53. The Morgan fingerprint density at radius 1 is 1.37 bits per heavy atom. The van der Waals surface area contributed by atoms with Gasteiger partial charge in [-0.05, 0) is 38.3 Å². The number of carbonyl (C=O) groups is 2. The van der Waals surface area contributed by atoms with E-state index >= 15 is 0 Å². The zero-order valence-electron chi connectivity index (χ0n) is 11.1. The van der Waals surface area contributed by atoms with Gasteiger partial charge in [0.15, 0.2) is 12.9 Å². The van der Waals surface area contributed by atoms with E-state index in [4.69, 9.17) is 4.74 Å². The fourth-order valence-corrected chi connectivity index (χ4v) is 2.14. The second-order valence-corrected chi connectivity index (χ2v) is 4.68. The molecule has 0 spiro atoms. The average Bonchev–Trinajstić information content (AvgIpc) is 2.46. The first kappa shape index (κ1) is 13.5. The predicted molar refractivity (Wildman–Crippen MR) is 70.3 cm³/mol. The summed E-state index contributed by atoms with van der Waals surface area (Å²) in [6.07, 6.45) is 3.93. The fourth-order valence-electron chi connectivity index (χ4n) is 2.14. The summed E-state index contributed by atoms with van der Waals surface area (Å²) in [6.45, 7) is 3.37. The van der Waals surface area contributed by atoms with E-state index in [-0.39, 0.29) is 18.2 Å². The lowest BCUT2D eigenvalue weighted by Gasteiger charge is -2.26. The molecule has 0 N–H and O–H groups in total. The average molecular weight is 262 g/mol. The number of hydrogen-bond acceptors (Lipinski definition) is 4. The van der Waals surface area contributed by atoms with Gasteiger partial charge in [-0.2, -0.15) is 0 Å². The van der Waals surface area contributed by atoms with Crippen LogP contribution in [0.2, 0.25) is 0 Å². The summed E-state index contributed by atoms with van der Waals surface area (Å²) >= 11 is 0. The van der Waals surface area contributed by atoms with Gasteiger partial charge in [-0.15, -0.1) is 0 Å². The largest absolute Gasteiger partial charge is 0.481 e. The summed E-state index contributed by atoms with van der Waals surface area (Å²) < 4.78 is 5.41. The molecule has 1 aliphatic heterocycles. The van der Waals surface area contributed by atoms with E-state index in [9.17, 15) is 9.59 Å². The molecule has 1 aliphatic rings. The van der Waals surface area contributed by atoms with Crippen LogP contribution in [0.3, 0.4) is 0 Å². The summed E-state index contributed by atoms with van der Waals surface area (Å²) in [4.78, 5) is 28.7. The Morgan fingerprint density at radius 3 is 2.79 bits per heavy atom. The third-order valence-electron chi connectivity index (χ3n) is 3.20. The Labute approximate surface area is 112 Å². The summed E-state index contributed by atoms with van der Waals surface area (Å²) in [6, 6.07) is 3.43. The number of amides is 1. The van der Waals surface area contributed by atoms with Gasteiger partial charge in [0.05, 0.1) is 0 Å². The van der Waals surface area contributed by atoms with Gasteiger partial charge in [0, 0.05) is 18.8 Å². The smallest absolute Gasteiger partial charge is 0.260 e. The van der Waals surface area contributed by atoms with Crippen LogP contribution in [0.4, 0.5) is 0 Å². The molecule has 0 aliphatic carbocycles. The molecule has 5 heteroatoms. The van der Waals surface area contributed by atoms with Crippen LogP contribution in [0, 0.1) is 6.92 Å². The van der Waals surface area contributed by atoms with Crippen molar-refractivity contribution in [2.75, 3.05) is 19.7 Å². The van der Waals surface area contributed by atoms with E-state index in [1.165, 1.54) is 6.42 Å². The van der Waals surface area contributed by atoms with Crippen LogP contribution >= 0.6 is 0 Å². The van der Waals surface area contributed by atoms with Crippen molar-refractivity contribution in [3.05, 3.63) is 23.5 Å². The monoisotopic (exact) mass is 262 g/mol. The first-order valence-corrected chi connectivity index (χ1v) is 6.54. The molecule has 1 amide bonds. The number of rotatable bonds is 4. The zero-order valence-corrected chi connectivity index (χ0v) is 11.1. The summed E-state index contributed by atoms with van der Waals surface area (Å²) in [5, 5.41) is 0. The molecule has 0 radical (unpaired) electrons. The number of piperidine rings is 1. The first-order valence-electron chi connectivity index (χ1n) is 6.54. The molecular formula is C14H18N2O3. The third-order valence-corrected chi connectivity index (χ3v) is 3.20. The van der Waals surface area contributed by atoms with Crippen molar-refractivity contribution in [2.24, 2.45) is 0 Å². The minimum atomic E-state index is -0.0361. The maximum absolute atomic E-state index is 11.9. The lowest BCUT2D eigenvalue weighted by atomic mass is 10.1. The van der Waals surface area contributed by atoms with Gasteiger partial charge < -0.3 is 9.64 Å². The normalized spacial score (nSPS) is 15.1. The highest BCUT2D eigenvalue weighted by Crippen LogP contribution is 2.15. The van der Waals surface area contributed by atoms with Crippen molar-refractivity contribution in [3.8, 4) is 5.75 Å². The van der Waals surface area contributed by atoms with Crippen LogP contribution in [-0.4, -0.2) is 41.8 Å². The van der Waals surface area contributed by atoms with E-state index in [0.29, 0.717) is 12.0 Å². The Kier molecular flexibility index (Phi) is 4.49. The zero-order chi connectivity index (χ0) is 13.7. The number of likely N-dealkylation sites (tertiary alicyclic amines) is 1. The maximum Gasteiger partial charge on any atom is 0.260 e. The number of aryl methyl sites for hydroxylation is 1. The molecular weight excluding hydrogens is 244 g/mol. The van der Waals surface area contributed by atoms with Crippen molar-refractivity contribution >= 4 is 12.2 Å².